The molecular formula is C15H23ClN2O2S. The monoisotopic (exact) mass is 330 g/mol. The number of carbonyl (C=O) groups excluding carboxylic acids is 1. The van der Waals surface area contributed by atoms with Gasteiger partial charge in [0.05, 0.1) is 7.11 Å². The van der Waals surface area contributed by atoms with Crippen molar-refractivity contribution in [1.29, 1.82) is 0 Å². The van der Waals surface area contributed by atoms with Gasteiger partial charge in [-0.15, -0.1) is 23.7 Å². The van der Waals surface area contributed by atoms with Crippen LogP contribution in [0.3, 0.4) is 0 Å². The number of carbonyl (C=O) groups is 1. The number of halogens is 1. The number of hydrogen-bond acceptors (Lipinski definition) is 4. The molecule has 1 aliphatic carbocycles. The van der Waals surface area contributed by atoms with Crippen LogP contribution in [0, 0.1) is 5.92 Å². The average molecular weight is 331 g/mol. The number of rotatable bonds is 5. The number of ether oxygens (including phenoxy) is 1. The first-order valence-electron chi connectivity index (χ1n) is 7.42. The Morgan fingerprint density at radius 1 is 1.38 bits per heavy atom. The maximum absolute atomic E-state index is 12.5. The molecule has 3 rings (SSSR count). The summed E-state index contributed by atoms with van der Waals surface area (Å²) in [7, 11) is 1.62. The van der Waals surface area contributed by atoms with Crippen molar-refractivity contribution in [3.05, 3.63) is 16.3 Å². The van der Waals surface area contributed by atoms with Crippen molar-refractivity contribution in [1.82, 2.24) is 10.2 Å². The van der Waals surface area contributed by atoms with Crippen LogP contribution in [0.2, 0.25) is 0 Å². The lowest BCUT2D eigenvalue weighted by atomic mass is 10.0. The molecule has 0 unspecified atom stereocenters. The lowest BCUT2D eigenvalue weighted by molar-refractivity contribution is 0.0707. The maximum Gasteiger partial charge on any atom is 0.267 e. The second kappa shape index (κ2) is 7.47. The summed E-state index contributed by atoms with van der Waals surface area (Å²) < 4.78 is 5.24. The molecule has 0 aromatic carbocycles. The van der Waals surface area contributed by atoms with Crippen LogP contribution in [0.25, 0.3) is 0 Å². The van der Waals surface area contributed by atoms with E-state index in [1.807, 2.05) is 16.3 Å². The van der Waals surface area contributed by atoms with Crippen LogP contribution >= 0.6 is 23.7 Å². The summed E-state index contributed by atoms with van der Waals surface area (Å²) in [6.07, 6.45) is 4.91. The number of nitrogens with zero attached hydrogens (tertiary/aromatic N) is 1. The molecule has 1 aliphatic heterocycles. The largest absolute Gasteiger partial charge is 0.495 e. The Morgan fingerprint density at radius 2 is 2.10 bits per heavy atom. The van der Waals surface area contributed by atoms with Gasteiger partial charge in [-0.3, -0.25) is 4.79 Å². The molecule has 0 spiro atoms. The summed E-state index contributed by atoms with van der Waals surface area (Å²) >= 11 is 1.47. The van der Waals surface area contributed by atoms with Gasteiger partial charge in [-0.2, -0.15) is 0 Å². The molecule has 6 heteroatoms. The van der Waals surface area contributed by atoms with Crippen LogP contribution in [0.5, 0.6) is 5.75 Å². The van der Waals surface area contributed by atoms with Crippen molar-refractivity contribution in [2.45, 2.75) is 31.7 Å². The number of piperidine rings is 1. The molecule has 1 saturated heterocycles. The molecule has 2 aliphatic rings. The topological polar surface area (TPSA) is 41.6 Å². The second-order valence-corrected chi connectivity index (χ2v) is 6.65. The van der Waals surface area contributed by atoms with Crippen LogP contribution in [0.1, 0.15) is 35.4 Å². The number of nitrogens with one attached hydrogen (secondary N) is 1. The van der Waals surface area contributed by atoms with Gasteiger partial charge in [0, 0.05) is 19.1 Å². The summed E-state index contributed by atoms with van der Waals surface area (Å²) in [5, 5.41) is 5.55. The van der Waals surface area contributed by atoms with E-state index in [0.29, 0.717) is 11.8 Å². The van der Waals surface area contributed by atoms with Crippen LogP contribution in [-0.4, -0.2) is 43.6 Å². The highest BCUT2D eigenvalue weighted by Gasteiger charge is 2.27. The van der Waals surface area contributed by atoms with Gasteiger partial charge in [-0.1, -0.05) is 0 Å². The van der Waals surface area contributed by atoms with E-state index < -0.39 is 0 Å². The summed E-state index contributed by atoms with van der Waals surface area (Å²) in [6, 6.07) is 2.45. The average Bonchev–Trinajstić information content (AvgIpc) is 3.20. The number of hydrogen-bond donors (Lipinski definition) is 1. The predicted octanol–water partition coefficient (Wildman–Crippen LogP) is 2.78. The molecule has 1 N–H and O–H groups in total. The third-order valence-corrected chi connectivity index (χ3v) is 5.10. The molecule has 2 fully saturated rings. The molecule has 2 heterocycles. The van der Waals surface area contributed by atoms with Gasteiger partial charge in [0.15, 0.2) is 0 Å². The molecule has 21 heavy (non-hydrogen) atoms. The quantitative estimate of drug-likeness (QED) is 0.902. The Bertz CT molecular complexity index is 468. The highest BCUT2D eigenvalue weighted by atomic mass is 35.5. The number of likely N-dealkylation sites (tertiary alicyclic amines) is 1. The SMILES string of the molecule is COc1ccsc1C(=O)N1CCC(NCC2CC2)CC1.Cl. The molecule has 1 saturated carbocycles. The van der Waals surface area contributed by atoms with E-state index in [0.717, 1.165) is 43.3 Å². The minimum Gasteiger partial charge on any atom is -0.495 e. The minimum atomic E-state index is 0. The molecule has 0 radical (unpaired) electrons. The lowest BCUT2D eigenvalue weighted by Crippen LogP contribution is -2.45. The van der Waals surface area contributed by atoms with Gasteiger partial charge in [-0.05, 0) is 49.6 Å². The van der Waals surface area contributed by atoms with E-state index in [-0.39, 0.29) is 18.3 Å². The minimum absolute atomic E-state index is 0. The lowest BCUT2D eigenvalue weighted by Gasteiger charge is -2.32. The van der Waals surface area contributed by atoms with Crippen molar-refractivity contribution in [3.8, 4) is 5.75 Å². The third-order valence-electron chi connectivity index (χ3n) is 4.22. The van der Waals surface area contributed by atoms with E-state index in [1.165, 1.54) is 24.2 Å². The fraction of sp³-hybridized carbons (Fsp3) is 0.667. The maximum atomic E-state index is 12.5. The van der Waals surface area contributed by atoms with Gasteiger partial charge in [-0.25, -0.2) is 0 Å². The van der Waals surface area contributed by atoms with Crippen molar-refractivity contribution in [2.75, 3.05) is 26.7 Å². The van der Waals surface area contributed by atoms with E-state index in [4.69, 9.17) is 4.74 Å². The second-order valence-electron chi connectivity index (χ2n) is 5.74. The standard InChI is InChI=1S/C15H22N2O2S.ClH/c1-19-13-6-9-20-14(13)15(18)17-7-4-12(5-8-17)16-10-11-2-3-11;/h6,9,11-12,16H,2-5,7-8,10H2,1H3;1H. The van der Waals surface area contributed by atoms with Crippen molar-refractivity contribution < 1.29 is 9.53 Å². The van der Waals surface area contributed by atoms with Crippen LogP contribution in [0.15, 0.2) is 11.4 Å². The Labute approximate surface area is 136 Å². The molecular weight excluding hydrogens is 308 g/mol. The first-order valence-corrected chi connectivity index (χ1v) is 8.30. The zero-order valence-corrected chi connectivity index (χ0v) is 14.0. The Hall–Kier alpha value is -0.780. The molecule has 0 bridgehead atoms. The van der Waals surface area contributed by atoms with Gasteiger partial charge in [0.1, 0.15) is 10.6 Å². The third kappa shape index (κ3) is 4.11. The Balaban J connectivity index is 0.00000161. The normalized spacial score (nSPS) is 19.2. The van der Waals surface area contributed by atoms with Crippen molar-refractivity contribution >= 4 is 29.7 Å². The van der Waals surface area contributed by atoms with Crippen LogP contribution in [-0.2, 0) is 0 Å². The smallest absolute Gasteiger partial charge is 0.267 e. The van der Waals surface area contributed by atoms with E-state index in [9.17, 15) is 4.79 Å². The fourth-order valence-corrected chi connectivity index (χ4v) is 3.52. The van der Waals surface area contributed by atoms with Gasteiger partial charge < -0.3 is 15.0 Å². The van der Waals surface area contributed by atoms with Crippen molar-refractivity contribution in [2.24, 2.45) is 5.92 Å². The Morgan fingerprint density at radius 3 is 2.71 bits per heavy atom. The highest BCUT2D eigenvalue weighted by molar-refractivity contribution is 7.12. The first-order chi connectivity index (χ1) is 9.78. The van der Waals surface area contributed by atoms with Crippen molar-refractivity contribution in [3.63, 3.8) is 0 Å². The molecule has 1 aromatic rings. The summed E-state index contributed by atoms with van der Waals surface area (Å²) in [5.74, 6) is 1.75. The zero-order chi connectivity index (χ0) is 13.9. The molecule has 1 amide bonds. The molecule has 118 valence electrons. The molecule has 0 atom stereocenters. The van der Waals surface area contributed by atoms with Crippen LogP contribution in [0.4, 0.5) is 0 Å². The zero-order valence-electron chi connectivity index (χ0n) is 12.3. The Kier molecular flexibility index (Phi) is 5.90. The summed E-state index contributed by atoms with van der Waals surface area (Å²) in [4.78, 5) is 15.2. The van der Waals surface area contributed by atoms with E-state index >= 15 is 0 Å². The van der Waals surface area contributed by atoms with E-state index in [2.05, 4.69) is 5.32 Å². The van der Waals surface area contributed by atoms with Gasteiger partial charge in [0.25, 0.3) is 5.91 Å². The number of methoxy groups -OCH3 is 1. The van der Waals surface area contributed by atoms with Gasteiger partial charge >= 0.3 is 0 Å². The summed E-state index contributed by atoms with van der Waals surface area (Å²) in [6.45, 7) is 2.86. The first kappa shape index (κ1) is 16.6. The van der Waals surface area contributed by atoms with E-state index in [1.54, 1.807) is 7.11 Å². The predicted molar refractivity (Wildman–Crippen MR) is 87.8 cm³/mol. The number of amides is 1. The van der Waals surface area contributed by atoms with Crippen LogP contribution < -0.4 is 10.1 Å². The molecule has 4 nitrogen and oxygen atoms in total. The summed E-state index contributed by atoms with van der Waals surface area (Å²) in [5.41, 5.74) is 0. The highest BCUT2D eigenvalue weighted by Crippen LogP contribution is 2.29. The van der Waals surface area contributed by atoms with Gasteiger partial charge in [0.2, 0.25) is 0 Å². The fourth-order valence-electron chi connectivity index (χ4n) is 2.70. The number of thiophene rings is 1. The molecule has 1 aromatic heterocycles.